The molecule has 0 atom stereocenters. The first-order chi connectivity index (χ1) is 10.1. The van der Waals surface area contributed by atoms with Gasteiger partial charge in [0, 0.05) is 45.5 Å². The predicted octanol–water partition coefficient (Wildman–Crippen LogP) is -0.0275. The van der Waals surface area contributed by atoms with Crippen molar-refractivity contribution < 1.29 is 9.59 Å². The minimum Gasteiger partial charge on any atom is -0.396 e. The summed E-state index contributed by atoms with van der Waals surface area (Å²) in [7, 11) is 0. The molecule has 0 aromatic carbocycles. The van der Waals surface area contributed by atoms with Gasteiger partial charge in [-0.15, -0.1) is 0 Å². The molecule has 0 unspecified atom stereocenters. The number of amides is 3. The highest BCUT2D eigenvalue weighted by Gasteiger charge is 2.27. The van der Waals surface area contributed by atoms with Gasteiger partial charge >= 0.3 is 6.03 Å². The Morgan fingerprint density at radius 3 is 2.38 bits per heavy atom. The second-order valence-electron chi connectivity index (χ2n) is 4.90. The Hall–Kier alpha value is -2.25. The van der Waals surface area contributed by atoms with Gasteiger partial charge in [-0.3, -0.25) is 9.48 Å². The molecule has 1 saturated heterocycles. The van der Waals surface area contributed by atoms with Crippen molar-refractivity contribution in [3.63, 3.8) is 0 Å². The standard InChI is InChI=1S/C13H22N6O2/c1-3-15-13(21)18-7-5-17(6-8-18)12(20)11-10(14)9-19(4-2)16-11/h9H,3-8,14H2,1-2H3,(H,15,21). The Morgan fingerprint density at radius 1 is 1.24 bits per heavy atom. The maximum absolute atomic E-state index is 12.4. The number of aromatic nitrogens is 2. The molecule has 0 bridgehead atoms. The van der Waals surface area contributed by atoms with Gasteiger partial charge in [0.25, 0.3) is 5.91 Å². The summed E-state index contributed by atoms with van der Waals surface area (Å²) in [5.41, 5.74) is 6.53. The maximum atomic E-state index is 12.4. The van der Waals surface area contributed by atoms with Gasteiger partial charge in [-0.05, 0) is 13.8 Å². The molecule has 2 rings (SSSR count). The quantitative estimate of drug-likeness (QED) is 0.818. The van der Waals surface area contributed by atoms with Crippen LogP contribution in [0.3, 0.4) is 0 Å². The van der Waals surface area contributed by atoms with Gasteiger partial charge in [0.05, 0.1) is 5.69 Å². The van der Waals surface area contributed by atoms with Crippen LogP contribution in [0.2, 0.25) is 0 Å². The SMILES string of the molecule is CCNC(=O)N1CCN(C(=O)c2nn(CC)cc2N)CC1. The Kier molecular flexibility index (Phi) is 4.66. The van der Waals surface area contributed by atoms with E-state index in [0.29, 0.717) is 50.6 Å². The number of carbonyl (C=O) groups is 2. The van der Waals surface area contributed by atoms with E-state index in [2.05, 4.69) is 10.4 Å². The Morgan fingerprint density at radius 2 is 1.86 bits per heavy atom. The van der Waals surface area contributed by atoms with E-state index in [1.54, 1.807) is 20.7 Å². The molecule has 8 heteroatoms. The third-order valence-electron chi connectivity index (χ3n) is 3.50. The number of nitrogens with zero attached hydrogens (tertiary/aromatic N) is 4. The zero-order valence-corrected chi connectivity index (χ0v) is 12.5. The zero-order valence-electron chi connectivity index (χ0n) is 12.5. The van der Waals surface area contributed by atoms with Crippen molar-refractivity contribution in [1.82, 2.24) is 24.9 Å². The van der Waals surface area contributed by atoms with Crippen LogP contribution in [0, 0.1) is 0 Å². The second-order valence-corrected chi connectivity index (χ2v) is 4.90. The monoisotopic (exact) mass is 294 g/mol. The number of rotatable bonds is 3. The first kappa shape index (κ1) is 15.1. The molecule has 1 aliphatic rings. The minimum absolute atomic E-state index is 0.0839. The number of nitrogen functional groups attached to an aromatic ring is 1. The summed E-state index contributed by atoms with van der Waals surface area (Å²) in [6.07, 6.45) is 1.66. The molecule has 1 fully saturated rings. The molecule has 0 spiro atoms. The van der Waals surface area contributed by atoms with Gasteiger partial charge in [-0.1, -0.05) is 0 Å². The molecule has 0 aliphatic carbocycles. The number of aryl methyl sites for hydroxylation is 1. The van der Waals surface area contributed by atoms with E-state index in [1.165, 1.54) is 0 Å². The average Bonchev–Trinajstić information content (AvgIpc) is 2.88. The summed E-state index contributed by atoms with van der Waals surface area (Å²) in [6, 6.07) is -0.0839. The third kappa shape index (κ3) is 3.26. The molecular formula is C13H22N6O2. The van der Waals surface area contributed by atoms with Crippen LogP contribution in [0.15, 0.2) is 6.20 Å². The number of hydrogen-bond acceptors (Lipinski definition) is 4. The van der Waals surface area contributed by atoms with Gasteiger partial charge in [-0.25, -0.2) is 4.79 Å². The van der Waals surface area contributed by atoms with Crippen molar-refractivity contribution in [2.75, 3.05) is 38.5 Å². The lowest BCUT2D eigenvalue weighted by Crippen LogP contribution is -2.53. The van der Waals surface area contributed by atoms with Crippen LogP contribution in [0.1, 0.15) is 24.3 Å². The van der Waals surface area contributed by atoms with Crippen molar-refractivity contribution in [3.05, 3.63) is 11.9 Å². The van der Waals surface area contributed by atoms with E-state index in [1.807, 2.05) is 13.8 Å². The number of anilines is 1. The molecule has 1 aromatic rings. The predicted molar refractivity (Wildman–Crippen MR) is 78.9 cm³/mol. The summed E-state index contributed by atoms with van der Waals surface area (Å²) in [5.74, 6) is -0.171. The van der Waals surface area contributed by atoms with Gasteiger partial charge in [-0.2, -0.15) is 5.10 Å². The smallest absolute Gasteiger partial charge is 0.317 e. The van der Waals surface area contributed by atoms with E-state index in [-0.39, 0.29) is 11.9 Å². The van der Waals surface area contributed by atoms with Crippen LogP contribution in [0.4, 0.5) is 10.5 Å². The molecule has 0 radical (unpaired) electrons. The van der Waals surface area contributed by atoms with Gasteiger partial charge in [0.15, 0.2) is 5.69 Å². The van der Waals surface area contributed by atoms with Crippen LogP contribution in [-0.4, -0.2) is 64.2 Å². The fourth-order valence-corrected chi connectivity index (χ4v) is 2.29. The molecule has 0 saturated carbocycles. The van der Waals surface area contributed by atoms with E-state index in [4.69, 9.17) is 5.73 Å². The van der Waals surface area contributed by atoms with Gasteiger partial charge < -0.3 is 20.9 Å². The fraction of sp³-hybridized carbons (Fsp3) is 0.615. The maximum Gasteiger partial charge on any atom is 0.317 e. The first-order valence-corrected chi connectivity index (χ1v) is 7.21. The molecule has 1 aromatic heterocycles. The lowest BCUT2D eigenvalue weighted by molar-refractivity contribution is 0.0659. The molecule has 8 nitrogen and oxygen atoms in total. The van der Waals surface area contributed by atoms with E-state index < -0.39 is 0 Å². The summed E-state index contributed by atoms with van der Waals surface area (Å²) < 4.78 is 1.65. The first-order valence-electron chi connectivity index (χ1n) is 7.21. The van der Waals surface area contributed by atoms with Crippen LogP contribution in [0.25, 0.3) is 0 Å². The number of hydrogen-bond donors (Lipinski definition) is 2. The number of carbonyl (C=O) groups excluding carboxylic acids is 2. The summed E-state index contributed by atoms with van der Waals surface area (Å²) in [6.45, 7) is 7.11. The molecule has 3 N–H and O–H groups in total. The normalized spacial score (nSPS) is 15.1. The minimum atomic E-state index is -0.171. The van der Waals surface area contributed by atoms with E-state index >= 15 is 0 Å². The Balaban J connectivity index is 1.96. The van der Waals surface area contributed by atoms with Crippen molar-refractivity contribution in [2.45, 2.75) is 20.4 Å². The average molecular weight is 294 g/mol. The van der Waals surface area contributed by atoms with Crippen LogP contribution in [0.5, 0.6) is 0 Å². The fourth-order valence-electron chi connectivity index (χ4n) is 2.29. The van der Waals surface area contributed by atoms with E-state index in [9.17, 15) is 9.59 Å². The van der Waals surface area contributed by atoms with Crippen LogP contribution in [-0.2, 0) is 6.54 Å². The second kappa shape index (κ2) is 6.47. The summed E-state index contributed by atoms with van der Waals surface area (Å²) in [4.78, 5) is 27.5. The van der Waals surface area contributed by atoms with Crippen molar-refractivity contribution in [1.29, 1.82) is 0 Å². The highest BCUT2D eigenvalue weighted by molar-refractivity contribution is 5.97. The van der Waals surface area contributed by atoms with Crippen LogP contribution >= 0.6 is 0 Å². The third-order valence-corrected chi connectivity index (χ3v) is 3.50. The number of nitrogens with one attached hydrogen (secondary N) is 1. The Bertz CT molecular complexity index is 519. The Labute approximate surface area is 123 Å². The number of piperazine rings is 1. The summed E-state index contributed by atoms with van der Waals surface area (Å²) >= 11 is 0. The van der Waals surface area contributed by atoms with E-state index in [0.717, 1.165) is 0 Å². The summed E-state index contributed by atoms with van der Waals surface area (Å²) in [5, 5.41) is 6.95. The lowest BCUT2D eigenvalue weighted by atomic mass is 10.2. The number of nitrogens with two attached hydrogens (primary N) is 1. The van der Waals surface area contributed by atoms with Crippen LogP contribution < -0.4 is 11.1 Å². The zero-order chi connectivity index (χ0) is 15.4. The van der Waals surface area contributed by atoms with Gasteiger partial charge in [0.1, 0.15) is 0 Å². The lowest BCUT2D eigenvalue weighted by Gasteiger charge is -2.34. The molecule has 21 heavy (non-hydrogen) atoms. The largest absolute Gasteiger partial charge is 0.396 e. The highest BCUT2D eigenvalue weighted by Crippen LogP contribution is 2.14. The van der Waals surface area contributed by atoms with Crippen molar-refractivity contribution >= 4 is 17.6 Å². The highest BCUT2D eigenvalue weighted by atomic mass is 16.2. The molecule has 1 aliphatic heterocycles. The number of urea groups is 1. The van der Waals surface area contributed by atoms with Gasteiger partial charge in [0.2, 0.25) is 0 Å². The molecule has 3 amide bonds. The molecule has 2 heterocycles. The van der Waals surface area contributed by atoms with Crippen molar-refractivity contribution in [2.24, 2.45) is 0 Å². The van der Waals surface area contributed by atoms with Crippen molar-refractivity contribution in [3.8, 4) is 0 Å². The topological polar surface area (TPSA) is 96.5 Å². The molecule has 116 valence electrons. The molecular weight excluding hydrogens is 272 g/mol.